The first-order chi connectivity index (χ1) is 12.8. The Labute approximate surface area is 156 Å². The van der Waals surface area contributed by atoms with E-state index in [4.69, 9.17) is 24.1 Å². The highest BCUT2D eigenvalue weighted by atomic mass is 16.7. The number of phenolic OH excluding ortho intramolecular Hbond substituents is 1. The topological polar surface area (TPSA) is 158 Å². The molecule has 1 aliphatic heterocycles. The normalized spacial score (nSPS) is 29.4. The Morgan fingerprint density at radius 3 is 2.30 bits per heavy atom. The number of hydrogen-bond acceptors (Lipinski definition) is 10. The largest absolute Gasteiger partial charge is 0.504 e. The molecule has 1 fully saturated rings. The minimum Gasteiger partial charge on any atom is -0.504 e. The smallest absolute Gasteiger partial charge is 0.203 e. The van der Waals surface area contributed by atoms with Gasteiger partial charge >= 0.3 is 0 Å². The maximum Gasteiger partial charge on any atom is 0.203 e. The van der Waals surface area contributed by atoms with Crippen molar-refractivity contribution in [3.63, 3.8) is 0 Å². The molecule has 0 bridgehead atoms. The molecule has 10 nitrogen and oxygen atoms in total. The van der Waals surface area contributed by atoms with Gasteiger partial charge in [-0.05, 0) is 6.07 Å². The van der Waals surface area contributed by atoms with Crippen LogP contribution in [0.1, 0.15) is 5.56 Å². The lowest BCUT2D eigenvalue weighted by atomic mass is 9.99. The Balaban J connectivity index is 1.99. The van der Waals surface area contributed by atoms with Gasteiger partial charge in [0.15, 0.2) is 17.8 Å². The highest BCUT2D eigenvalue weighted by Gasteiger charge is 2.44. The van der Waals surface area contributed by atoms with Crippen molar-refractivity contribution in [2.45, 2.75) is 43.2 Å². The summed E-state index contributed by atoms with van der Waals surface area (Å²) in [5.74, 6) is 0.298. The minimum atomic E-state index is -1.56. The fourth-order valence-corrected chi connectivity index (χ4v) is 2.90. The number of aliphatic hydroxyl groups excluding tert-OH is 5. The molecule has 154 valence electrons. The average Bonchev–Trinajstić information content (AvgIpc) is 2.66. The van der Waals surface area contributed by atoms with Crippen LogP contribution in [0.15, 0.2) is 12.1 Å². The molecule has 1 unspecified atom stereocenters. The van der Waals surface area contributed by atoms with Gasteiger partial charge in [-0.25, -0.2) is 0 Å². The standard InChI is InChI=1S/C17H26O10/c1-24-15-8(3-4-10(20)16(15)25-2)5-9(19)7-26-17-14(23)13(22)12(21)11(6-18)27-17/h3-4,9,11-14,17-23H,5-7H2,1-2H3/t9?,11-,12-,13+,14-,17-/m1/s1. The first-order valence-electron chi connectivity index (χ1n) is 8.37. The molecule has 0 amide bonds. The summed E-state index contributed by atoms with van der Waals surface area (Å²) in [6.45, 7) is -0.840. The Bertz CT molecular complexity index is 608. The number of benzene rings is 1. The zero-order valence-electron chi connectivity index (χ0n) is 15.1. The van der Waals surface area contributed by atoms with Gasteiger partial charge in [0.05, 0.1) is 33.5 Å². The van der Waals surface area contributed by atoms with Gasteiger partial charge in [-0.2, -0.15) is 0 Å². The maximum absolute atomic E-state index is 10.2. The predicted octanol–water partition coefficient (Wildman–Crippen LogP) is -1.87. The van der Waals surface area contributed by atoms with Crippen molar-refractivity contribution in [2.75, 3.05) is 27.4 Å². The summed E-state index contributed by atoms with van der Waals surface area (Å²) >= 11 is 0. The third-order valence-electron chi connectivity index (χ3n) is 4.34. The molecule has 6 atom stereocenters. The zero-order chi connectivity index (χ0) is 20.1. The molecular formula is C17H26O10. The van der Waals surface area contributed by atoms with E-state index >= 15 is 0 Å². The van der Waals surface area contributed by atoms with Crippen molar-refractivity contribution < 1.29 is 49.6 Å². The van der Waals surface area contributed by atoms with Gasteiger partial charge in [0.1, 0.15) is 24.4 Å². The van der Waals surface area contributed by atoms with Crippen molar-refractivity contribution in [1.29, 1.82) is 0 Å². The summed E-state index contributed by atoms with van der Waals surface area (Å²) in [5, 5.41) is 58.5. The molecule has 2 rings (SSSR count). The van der Waals surface area contributed by atoms with Crippen LogP contribution in [0.2, 0.25) is 0 Å². The summed E-state index contributed by atoms with van der Waals surface area (Å²) in [7, 11) is 2.78. The summed E-state index contributed by atoms with van der Waals surface area (Å²) in [4.78, 5) is 0. The molecule has 27 heavy (non-hydrogen) atoms. The van der Waals surface area contributed by atoms with E-state index in [1.807, 2.05) is 0 Å². The molecule has 1 aromatic rings. The van der Waals surface area contributed by atoms with Crippen LogP contribution < -0.4 is 9.47 Å². The molecule has 10 heteroatoms. The lowest BCUT2D eigenvalue weighted by molar-refractivity contribution is -0.304. The zero-order valence-corrected chi connectivity index (χ0v) is 15.1. The Hall–Kier alpha value is -1.66. The van der Waals surface area contributed by atoms with Crippen molar-refractivity contribution in [3.05, 3.63) is 17.7 Å². The van der Waals surface area contributed by atoms with Crippen LogP contribution in [0.3, 0.4) is 0 Å². The Kier molecular flexibility index (Phi) is 7.62. The molecule has 0 aromatic heterocycles. The summed E-state index contributed by atoms with van der Waals surface area (Å²) < 4.78 is 20.8. The highest BCUT2D eigenvalue weighted by Crippen LogP contribution is 2.39. The lowest BCUT2D eigenvalue weighted by Gasteiger charge is -2.39. The summed E-state index contributed by atoms with van der Waals surface area (Å²) in [6, 6.07) is 2.97. The van der Waals surface area contributed by atoms with Gasteiger partial charge in [0, 0.05) is 12.0 Å². The molecule has 1 aliphatic rings. The fraction of sp³-hybridized carbons (Fsp3) is 0.647. The molecule has 6 N–H and O–H groups in total. The average molecular weight is 390 g/mol. The van der Waals surface area contributed by atoms with Gasteiger partial charge in [-0.3, -0.25) is 0 Å². The van der Waals surface area contributed by atoms with E-state index in [2.05, 4.69) is 0 Å². The monoisotopic (exact) mass is 390 g/mol. The van der Waals surface area contributed by atoms with Crippen LogP contribution in [-0.2, 0) is 15.9 Å². The lowest BCUT2D eigenvalue weighted by Crippen LogP contribution is -2.59. The van der Waals surface area contributed by atoms with Crippen LogP contribution in [0.25, 0.3) is 0 Å². The molecule has 1 heterocycles. The number of methoxy groups -OCH3 is 2. The second-order valence-corrected chi connectivity index (χ2v) is 6.20. The van der Waals surface area contributed by atoms with Crippen LogP contribution >= 0.6 is 0 Å². The van der Waals surface area contributed by atoms with Gasteiger partial charge < -0.3 is 49.6 Å². The summed E-state index contributed by atoms with van der Waals surface area (Å²) in [6.07, 6.45) is -7.96. The van der Waals surface area contributed by atoms with E-state index < -0.39 is 43.4 Å². The molecule has 0 radical (unpaired) electrons. The van der Waals surface area contributed by atoms with Crippen molar-refractivity contribution in [3.8, 4) is 17.2 Å². The third kappa shape index (κ3) is 4.79. The van der Waals surface area contributed by atoms with Gasteiger partial charge in [0.25, 0.3) is 0 Å². The van der Waals surface area contributed by atoms with Gasteiger partial charge in [-0.15, -0.1) is 0 Å². The number of ether oxygens (including phenoxy) is 4. The van der Waals surface area contributed by atoms with E-state index in [1.54, 1.807) is 6.07 Å². The molecule has 0 aliphatic carbocycles. The SMILES string of the molecule is COc1c(O)ccc(CC(O)CO[C@@H]2O[C@H](CO)[C@@H](O)[C@H](O)[C@H]2O)c1OC. The van der Waals surface area contributed by atoms with Crippen LogP contribution in [0.4, 0.5) is 0 Å². The molecular weight excluding hydrogens is 364 g/mol. The predicted molar refractivity (Wildman–Crippen MR) is 90.6 cm³/mol. The number of aromatic hydroxyl groups is 1. The third-order valence-corrected chi connectivity index (χ3v) is 4.34. The first-order valence-corrected chi connectivity index (χ1v) is 8.37. The van der Waals surface area contributed by atoms with Crippen molar-refractivity contribution >= 4 is 0 Å². The van der Waals surface area contributed by atoms with Crippen molar-refractivity contribution in [1.82, 2.24) is 0 Å². The Morgan fingerprint density at radius 1 is 1.04 bits per heavy atom. The summed E-state index contributed by atoms with van der Waals surface area (Å²) in [5.41, 5.74) is 0.553. The van der Waals surface area contributed by atoms with E-state index in [0.717, 1.165) is 0 Å². The van der Waals surface area contributed by atoms with E-state index in [0.29, 0.717) is 5.56 Å². The fourth-order valence-electron chi connectivity index (χ4n) is 2.90. The quantitative estimate of drug-likeness (QED) is 0.297. The van der Waals surface area contributed by atoms with Crippen LogP contribution in [0, 0.1) is 0 Å². The van der Waals surface area contributed by atoms with Gasteiger partial charge in [-0.1, -0.05) is 6.07 Å². The maximum atomic E-state index is 10.2. The number of aliphatic hydroxyl groups is 5. The number of phenols is 1. The molecule has 1 aromatic carbocycles. The van der Waals surface area contributed by atoms with E-state index in [9.17, 15) is 25.5 Å². The van der Waals surface area contributed by atoms with Crippen LogP contribution in [-0.4, -0.2) is 94.9 Å². The van der Waals surface area contributed by atoms with Gasteiger partial charge in [0.2, 0.25) is 5.75 Å². The van der Waals surface area contributed by atoms with Crippen LogP contribution in [0.5, 0.6) is 17.2 Å². The molecule has 0 spiro atoms. The molecule has 0 saturated carbocycles. The minimum absolute atomic E-state index is 0.0806. The van der Waals surface area contributed by atoms with Crippen molar-refractivity contribution in [2.24, 2.45) is 0 Å². The second-order valence-electron chi connectivity index (χ2n) is 6.20. The first kappa shape index (κ1) is 21.6. The highest BCUT2D eigenvalue weighted by molar-refractivity contribution is 5.55. The number of rotatable bonds is 8. The molecule has 1 saturated heterocycles. The van der Waals surface area contributed by atoms with E-state index in [1.165, 1.54) is 20.3 Å². The Morgan fingerprint density at radius 2 is 1.70 bits per heavy atom. The van der Waals surface area contributed by atoms with E-state index in [-0.39, 0.29) is 30.3 Å². The second kappa shape index (κ2) is 9.51. The number of hydrogen-bond donors (Lipinski definition) is 6.